The zero-order valence-electron chi connectivity index (χ0n) is 21.9. The number of hydrogen-bond donors (Lipinski definition) is 2. The van der Waals surface area contributed by atoms with Crippen molar-refractivity contribution in [3.8, 4) is 22.8 Å². The number of hydrogen-bond acceptors (Lipinski definition) is 9. The molecule has 0 aliphatic heterocycles. The number of ether oxygens (including phenoxy) is 1. The maximum absolute atomic E-state index is 13.6. The SMILES string of the molecule is CCC(=O)c1cnc(Nc2ccn(-c3cccc(F)c3)c(=O)n2)cc1Nc1cccc(-c2ncn(C)n2)c1OC. The van der Waals surface area contributed by atoms with Crippen LogP contribution in [0.25, 0.3) is 17.1 Å². The predicted molar refractivity (Wildman–Crippen MR) is 148 cm³/mol. The first-order valence-electron chi connectivity index (χ1n) is 12.3. The molecule has 0 bridgehead atoms. The third-order valence-corrected chi connectivity index (χ3v) is 6.00. The molecule has 0 fully saturated rings. The van der Waals surface area contributed by atoms with Crippen molar-refractivity contribution < 1.29 is 13.9 Å². The van der Waals surface area contributed by atoms with E-state index in [2.05, 4.69) is 30.7 Å². The first-order valence-corrected chi connectivity index (χ1v) is 12.3. The molecule has 40 heavy (non-hydrogen) atoms. The second-order valence-electron chi connectivity index (χ2n) is 8.72. The van der Waals surface area contributed by atoms with Crippen molar-refractivity contribution in [1.82, 2.24) is 29.3 Å². The molecule has 0 spiro atoms. The molecule has 0 aliphatic carbocycles. The average molecular weight is 541 g/mol. The van der Waals surface area contributed by atoms with Gasteiger partial charge in [0.1, 0.15) is 23.8 Å². The van der Waals surface area contributed by atoms with E-state index in [1.807, 2.05) is 18.2 Å². The number of Topliss-reactive ketones (excluding diaryl/α,β-unsaturated/α-hetero) is 1. The molecule has 0 atom stereocenters. The van der Waals surface area contributed by atoms with E-state index in [1.165, 1.54) is 35.2 Å². The smallest absolute Gasteiger partial charge is 0.354 e. The van der Waals surface area contributed by atoms with E-state index in [-0.39, 0.29) is 18.0 Å². The highest BCUT2D eigenvalue weighted by atomic mass is 19.1. The summed E-state index contributed by atoms with van der Waals surface area (Å²) in [4.78, 5) is 38.1. The van der Waals surface area contributed by atoms with Crippen molar-refractivity contribution in [3.63, 3.8) is 0 Å². The minimum atomic E-state index is -0.601. The van der Waals surface area contributed by atoms with E-state index in [9.17, 15) is 14.0 Å². The Morgan fingerprint density at radius 2 is 1.85 bits per heavy atom. The molecule has 0 saturated heterocycles. The lowest BCUT2D eigenvalue weighted by atomic mass is 10.1. The monoisotopic (exact) mass is 540 g/mol. The maximum Gasteiger partial charge on any atom is 0.354 e. The Labute approximate surface area is 228 Å². The summed E-state index contributed by atoms with van der Waals surface area (Å²) in [6, 6.07) is 14.4. The summed E-state index contributed by atoms with van der Waals surface area (Å²) in [7, 11) is 3.32. The number of methoxy groups -OCH3 is 1. The molecule has 3 heterocycles. The molecule has 12 heteroatoms. The average Bonchev–Trinajstić information content (AvgIpc) is 3.38. The van der Waals surface area contributed by atoms with E-state index in [4.69, 9.17) is 4.74 Å². The van der Waals surface area contributed by atoms with Crippen LogP contribution in [0.15, 0.2) is 78.1 Å². The number of rotatable bonds is 9. The van der Waals surface area contributed by atoms with Crippen LogP contribution in [0.5, 0.6) is 5.75 Å². The number of benzene rings is 2. The zero-order chi connectivity index (χ0) is 28.2. The Bertz CT molecular complexity index is 1770. The fraction of sp³-hybridized carbons (Fsp3) is 0.143. The Kier molecular flexibility index (Phi) is 7.31. The molecule has 11 nitrogen and oxygen atoms in total. The fourth-order valence-corrected chi connectivity index (χ4v) is 4.11. The number of carbonyl (C=O) groups excluding carboxylic acids is 1. The number of aryl methyl sites for hydroxylation is 1. The largest absolute Gasteiger partial charge is 0.494 e. The van der Waals surface area contributed by atoms with E-state index in [0.29, 0.717) is 45.6 Å². The van der Waals surface area contributed by atoms with Gasteiger partial charge in [-0.25, -0.2) is 19.2 Å². The lowest BCUT2D eigenvalue weighted by molar-refractivity contribution is 0.0988. The van der Waals surface area contributed by atoms with Crippen molar-refractivity contribution in [2.75, 3.05) is 17.7 Å². The van der Waals surface area contributed by atoms with Gasteiger partial charge in [-0.15, -0.1) is 0 Å². The fourth-order valence-electron chi connectivity index (χ4n) is 4.11. The Morgan fingerprint density at radius 3 is 2.55 bits per heavy atom. The number of nitrogens with zero attached hydrogens (tertiary/aromatic N) is 6. The van der Waals surface area contributed by atoms with Crippen molar-refractivity contribution in [3.05, 3.63) is 95.2 Å². The highest BCUT2D eigenvalue weighted by molar-refractivity contribution is 6.02. The van der Waals surface area contributed by atoms with Crippen molar-refractivity contribution >= 4 is 28.8 Å². The van der Waals surface area contributed by atoms with Crippen LogP contribution in [0.1, 0.15) is 23.7 Å². The number of ketones is 1. The van der Waals surface area contributed by atoms with E-state index >= 15 is 0 Å². The van der Waals surface area contributed by atoms with Gasteiger partial charge in [-0.2, -0.15) is 10.1 Å². The molecule has 202 valence electrons. The summed E-state index contributed by atoms with van der Waals surface area (Å²) < 4.78 is 22.1. The Morgan fingerprint density at radius 1 is 1.02 bits per heavy atom. The predicted octanol–water partition coefficient (Wildman–Crippen LogP) is 4.65. The topological polar surface area (TPSA) is 129 Å². The first-order chi connectivity index (χ1) is 19.4. The number of para-hydroxylation sites is 1. The van der Waals surface area contributed by atoms with Gasteiger partial charge in [-0.1, -0.05) is 19.1 Å². The molecule has 0 saturated carbocycles. The zero-order valence-corrected chi connectivity index (χ0v) is 21.9. The summed E-state index contributed by atoms with van der Waals surface area (Å²) in [5, 5.41) is 10.7. The molecule has 0 aliphatic rings. The lowest BCUT2D eigenvalue weighted by Gasteiger charge is -2.17. The number of anilines is 4. The first kappa shape index (κ1) is 26.2. The number of halogens is 1. The van der Waals surface area contributed by atoms with Crippen molar-refractivity contribution in [2.24, 2.45) is 7.05 Å². The minimum absolute atomic E-state index is 0.112. The quantitative estimate of drug-likeness (QED) is 0.257. The van der Waals surface area contributed by atoms with Crippen LogP contribution in [0.3, 0.4) is 0 Å². The van der Waals surface area contributed by atoms with Gasteiger partial charge in [-0.3, -0.25) is 14.0 Å². The summed E-state index contributed by atoms with van der Waals surface area (Å²) in [5.41, 5.74) is 1.87. The molecular weight excluding hydrogens is 515 g/mol. The van der Waals surface area contributed by atoms with E-state index in [0.717, 1.165) is 0 Å². The molecular formula is C28H25FN8O3. The van der Waals surface area contributed by atoms with Gasteiger partial charge in [0.15, 0.2) is 17.4 Å². The maximum atomic E-state index is 13.6. The number of nitrogens with one attached hydrogen (secondary N) is 2. The van der Waals surface area contributed by atoms with Crippen LogP contribution in [-0.2, 0) is 7.05 Å². The normalized spacial score (nSPS) is 10.8. The van der Waals surface area contributed by atoms with Crippen molar-refractivity contribution in [1.29, 1.82) is 0 Å². The summed E-state index contributed by atoms with van der Waals surface area (Å²) >= 11 is 0. The molecule has 5 rings (SSSR count). The van der Waals surface area contributed by atoms with Gasteiger partial charge in [0.2, 0.25) is 0 Å². The second-order valence-corrected chi connectivity index (χ2v) is 8.72. The van der Waals surface area contributed by atoms with Crippen LogP contribution in [-0.4, -0.2) is 42.2 Å². The number of aromatic nitrogens is 6. The number of pyridine rings is 1. The van der Waals surface area contributed by atoms with Crippen LogP contribution in [0, 0.1) is 5.82 Å². The minimum Gasteiger partial charge on any atom is -0.494 e. The third-order valence-electron chi connectivity index (χ3n) is 6.00. The van der Waals surface area contributed by atoms with E-state index in [1.54, 1.807) is 50.3 Å². The van der Waals surface area contributed by atoms with Crippen LogP contribution >= 0.6 is 0 Å². The molecule has 0 radical (unpaired) electrons. The van der Waals surface area contributed by atoms with Crippen molar-refractivity contribution in [2.45, 2.75) is 13.3 Å². The highest BCUT2D eigenvalue weighted by Crippen LogP contribution is 2.37. The van der Waals surface area contributed by atoms with Crippen LogP contribution in [0.2, 0.25) is 0 Å². The summed E-state index contributed by atoms with van der Waals surface area (Å²) in [5.74, 6) is 0.981. The van der Waals surface area contributed by atoms with Crippen LogP contribution < -0.4 is 21.1 Å². The highest BCUT2D eigenvalue weighted by Gasteiger charge is 2.18. The van der Waals surface area contributed by atoms with Gasteiger partial charge >= 0.3 is 5.69 Å². The molecule has 0 amide bonds. The van der Waals surface area contributed by atoms with Crippen LogP contribution in [0.4, 0.5) is 27.4 Å². The third kappa shape index (κ3) is 5.41. The Hall–Kier alpha value is -5.39. The van der Waals surface area contributed by atoms with Gasteiger partial charge in [0, 0.05) is 31.9 Å². The van der Waals surface area contributed by atoms with E-state index < -0.39 is 11.5 Å². The molecule has 0 unspecified atom stereocenters. The van der Waals surface area contributed by atoms with Gasteiger partial charge in [0.05, 0.1) is 35.3 Å². The standard InChI is InChI=1S/C28H25FN8O3/c1-4-23(38)20-15-30-25(33-24-11-12-37(28(39)34-24)18-8-5-7-17(29)13-18)14-22(20)32-21-10-6-9-19(26(21)40-3)27-31-16-36(2)35-27/h5-16H,4H2,1-3H3,(H2,30,32,33,34,39). The summed E-state index contributed by atoms with van der Waals surface area (Å²) in [6.45, 7) is 1.77. The molecule has 5 aromatic rings. The molecule has 2 N–H and O–H groups in total. The van der Waals surface area contributed by atoms with Gasteiger partial charge in [0.25, 0.3) is 0 Å². The molecule has 3 aromatic heterocycles. The lowest BCUT2D eigenvalue weighted by Crippen LogP contribution is -2.21. The second kappa shape index (κ2) is 11.2. The number of carbonyl (C=O) groups is 1. The van der Waals surface area contributed by atoms with Gasteiger partial charge < -0.3 is 15.4 Å². The summed E-state index contributed by atoms with van der Waals surface area (Å²) in [6.07, 6.45) is 4.82. The Balaban J connectivity index is 1.48. The van der Waals surface area contributed by atoms with Gasteiger partial charge in [-0.05, 0) is 36.4 Å². The molecule has 2 aromatic carbocycles.